The lowest BCUT2D eigenvalue weighted by molar-refractivity contribution is -0.139. The van der Waals surface area contributed by atoms with Crippen LogP contribution in [0.1, 0.15) is 18.9 Å². The number of amides is 1. The number of nitrogens with one attached hydrogen (secondary N) is 1. The van der Waals surface area contributed by atoms with E-state index in [-0.39, 0.29) is 25.0 Å². The fourth-order valence-electron chi connectivity index (χ4n) is 2.00. The number of aliphatic carboxylic acids is 1. The Kier molecular flexibility index (Phi) is 5.78. The molecule has 0 aromatic heterocycles. The van der Waals surface area contributed by atoms with Crippen molar-refractivity contribution in [1.82, 2.24) is 5.32 Å². The van der Waals surface area contributed by atoms with Gasteiger partial charge in [0.1, 0.15) is 11.6 Å². The molecule has 1 amide bonds. The van der Waals surface area contributed by atoms with E-state index >= 15 is 0 Å². The molecule has 0 bridgehead atoms. The van der Waals surface area contributed by atoms with Crippen LogP contribution in [-0.4, -0.2) is 36.2 Å². The van der Waals surface area contributed by atoms with Gasteiger partial charge in [0.15, 0.2) is 0 Å². The van der Waals surface area contributed by atoms with Gasteiger partial charge >= 0.3 is 5.97 Å². The zero-order chi connectivity index (χ0) is 16.0. The van der Waals surface area contributed by atoms with Crippen LogP contribution < -0.4 is 5.32 Å². The number of ether oxygens (including phenoxy) is 1. The Morgan fingerprint density at radius 1 is 1.38 bits per heavy atom. The maximum absolute atomic E-state index is 13.5. The number of carbonyl (C=O) groups excluding carboxylic acids is 1. The van der Waals surface area contributed by atoms with Crippen molar-refractivity contribution in [3.63, 3.8) is 0 Å². The Morgan fingerprint density at radius 2 is 2.05 bits per heavy atom. The highest BCUT2D eigenvalue weighted by molar-refractivity contribution is 5.80. The van der Waals surface area contributed by atoms with E-state index in [4.69, 9.17) is 9.84 Å². The fourth-order valence-corrected chi connectivity index (χ4v) is 2.00. The third-order valence-corrected chi connectivity index (χ3v) is 2.81. The van der Waals surface area contributed by atoms with Crippen molar-refractivity contribution >= 4 is 11.9 Å². The van der Waals surface area contributed by atoms with Crippen molar-refractivity contribution in [3.05, 3.63) is 35.4 Å². The van der Waals surface area contributed by atoms with Gasteiger partial charge in [-0.05, 0) is 18.6 Å². The average molecular weight is 301 g/mol. The Morgan fingerprint density at radius 3 is 2.57 bits per heavy atom. The van der Waals surface area contributed by atoms with Crippen LogP contribution in [0.2, 0.25) is 0 Å². The van der Waals surface area contributed by atoms with E-state index in [1.807, 2.05) is 0 Å². The molecule has 0 radical (unpaired) electrons. The summed E-state index contributed by atoms with van der Waals surface area (Å²) in [5, 5.41) is 11.4. The molecule has 0 saturated heterocycles. The number of carbonyl (C=O) groups is 2. The summed E-state index contributed by atoms with van der Waals surface area (Å²) in [6.45, 7) is 1.51. The summed E-state index contributed by atoms with van der Waals surface area (Å²) >= 11 is 0. The maximum atomic E-state index is 13.5. The number of rotatable bonds is 7. The molecule has 0 fully saturated rings. The molecule has 21 heavy (non-hydrogen) atoms. The van der Waals surface area contributed by atoms with Crippen LogP contribution >= 0.6 is 0 Å². The average Bonchev–Trinajstić information content (AvgIpc) is 2.31. The second kappa shape index (κ2) is 7.12. The van der Waals surface area contributed by atoms with Gasteiger partial charge in [-0.1, -0.05) is 6.07 Å². The highest BCUT2D eigenvalue weighted by atomic mass is 19.1. The smallest absolute Gasteiger partial charge is 0.305 e. The molecular weight excluding hydrogens is 284 g/mol. The minimum Gasteiger partial charge on any atom is -0.481 e. The molecule has 2 N–H and O–H groups in total. The van der Waals surface area contributed by atoms with Crippen LogP contribution in [0.25, 0.3) is 0 Å². The molecule has 0 heterocycles. The lowest BCUT2D eigenvalue weighted by Gasteiger charge is -2.28. The van der Waals surface area contributed by atoms with Crippen LogP contribution in [0.5, 0.6) is 0 Å². The van der Waals surface area contributed by atoms with Gasteiger partial charge in [-0.2, -0.15) is 0 Å². The van der Waals surface area contributed by atoms with E-state index in [1.54, 1.807) is 0 Å². The zero-order valence-corrected chi connectivity index (χ0v) is 11.8. The van der Waals surface area contributed by atoms with E-state index in [0.29, 0.717) is 6.07 Å². The lowest BCUT2D eigenvalue weighted by Crippen LogP contribution is -2.51. The Balaban J connectivity index is 2.76. The number of carboxylic acids is 1. The number of carboxylic acid groups (broad SMARTS) is 1. The number of benzene rings is 1. The van der Waals surface area contributed by atoms with Crippen molar-refractivity contribution in [2.24, 2.45) is 0 Å². The molecule has 0 aliphatic rings. The SMILES string of the molecule is COCC(C)(CC(=O)O)NC(=O)Cc1ccc(F)cc1F. The number of methoxy groups -OCH3 is 1. The Labute approximate surface area is 120 Å². The lowest BCUT2D eigenvalue weighted by atomic mass is 9.98. The van der Waals surface area contributed by atoms with Crippen LogP contribution in [0.4, 0.5) is 8.78 Å². The van der Waals surface area contributed by atoms with Gasteiger partial charge in [0, 0.05) is 13.2 Å². The third kappa shape index (κ3) is 5.47. The normalized spacial score (nSPS) is 13.5. The summed E-state index contributed by atoms with van der Waals surface area (Å²) in [4.78, 5) is 22.7. The van der Waals surface area contributed by atoms with E-state index < -0.39 is 29.0 Å². The Bertz CT molecular complexity index is 536. The molecule has 1 rings (SSSR count). The van der Waals surface area contributed by atoms with Gasteiger partial charge in [-0.3, -0.25) is 9.59 Å². The van der Waals surface area contributed by atoms with Crippen molar-refractivity contribution in [1.29, 1.82) is 0 Å². The highest BCUT2D eigenvalue weighted by Gasteiger charge is 2.29. The predicted molar refractivity (Wildman–Crippen MR) is 70.7 cm³/mol. The molecule has 5 nitrogen and oxygen atoms in total. The largest absolute Gasteiger partial charge is 0.481 e. The van der Waals surface area contributed by atoms with Gasteiger partial charge in [0.05, 0.1) is 25.0 Å². The van der Waals surface area contributed by atoms with E-state index in [9.17, 15) is 18.4 Å². The summed E-state index contributed by atoms with van der Waals surface area (Å²) in [5.41, 5.74) is -1.07. The number of hydrogen-bond acceptors (Lipinski definition) is 3. The standard InChI is InChI=1S/C14H17F2NO4/c1-14(8-21-2,7-13(19)20)17-12(18)5-9-3-4-10(15)6-11(9)16/h3-4,6H,5,7-8H2,1-2H3,(H,17,18)(H,19,20). The molecule has 0 aliphatic heterocycles. The van der Waals surface area contributed by atoms with Crippen molar-refractivity contribution in [2.45, 2.75) is 25.3 Å². The summed E-state index contributed by atoms with van der Waals surface area (Å²) in [7, 11) is 1.38. The topological polar surface area (TPSA) is 75.6 Å². The minimum atomic E-state index is -1.10. The van der Waals surface area contributed by atoms with Crippen LogP contribution in [0.3, 0.4) is 0 Å². The van der Waals surface area contributed by atoms with Crippen molar-refractivity contribution in [2.75, 3.05) is 13.7 Å². The van der Waals surface area contributed by atoms with Gasteiger partial charge in [0.25, 0.3) is 0 Å². The molecule has 1 atom stereocenters. The van der Waals surface area contributed by atoms with Crippen molar-refractivity contribution < 1.29 is 28.2 Å². The highest BCUT2D eigenvalue weighted by Crippen LogP contribution is 2.13. The first kappa shape index (κ1) is 17.0. The van der Waals surface area contributed by atoms with Crippen LogP contribution in [-0.2, 0) is 20.7 Å². The molecule has 1 aromatic carbocycles. The molecule has 7 heteroatoms. The zero-order valence-electron chi connectivity index (χ0n) is 11.8. The Hall–Kier alpha value is -2.02. The predicted octanol–water partition coefficient (Wildman–Crippen LogP) is 1.50. The second-order valence-corrected chi connectivity index (χ2v) is 5.02. The van der Waals surface area contributed by atoms with Crippen molar-refractivity contribution in [3.8, 4) is 0 Å². The monoisotopic (exact) mass is 301 g/mol. The molecule has 0 saturated carbocycles. The van der Waals surface area contributed by atoms with Gasteiger partial charge in [0.2, 0.25) is 5.91 Å². The quantitative estimate of drug-likeness (QED) is 0.800. The van der Waals surface area contributed by atoms with Crippen LogP contribution in [0.15, 0.2) is 18.2 Å². The van der Waals surface area contributed by atoms with Gasteiger partial charge in [-0.25, -0.2) is 8.78 Å². The molecule has 0 aliphatic carbocycles. The van der Waals surface area contributed by atoms with Gasteiger partial charge < -0.3 is 15.2 Å². The summed E-state index contributed by atoms with van der Waals surface area (Å²) in [6, 6.07) is 2.92. The second-order valence-electron chi connectivity index (χ2n) is 5.02. The maximum Gasteiger partial charge on any atom is 0.305 e. The minimum absolute atomic E-state index is 0.00304. The number of halogens is 2. The van der Waals surface area contributed by atoms with E-state index in [0.717, 1.165) is 6.07 Å². The molecule has 1 aromatic rings. The third-order valence-electron chi connectivity index (χ3n) is 2.81. The summed E-state index contributed by atoms with van der Waals surface area (Å²) < 4.78 is 31.1. The first-order valence-electron chi connectivity index (χ1n) is 6.21. The summed E-state index contributed by atoms with van der Waals surface area (Å²) in [5.74, 6) is -3.22. The molecule has 0 spiro atoms. The first-order valence-corrected chi connectivity index (χ1v) is 6.21. The number of hydrogen-bond donors (Lipinski definition) is 2. The van der Waals surface area contributed by atoms with E-state index in [2.05, 4.69) is 5.32 Å². The molecule has 1 unspecified atom stereocenters. The van der Waals surface area contributed by atoms with Crippen LogP contribution in [0, 0.1) is 11.6 Å². The van der Waals surface area contributed by atoms with E-state index in [1.165, 1.54) is 20.1 Å². The van der Waals surface area contributed by atoms with Gasteiger partial charge in [-0.15, -0.1) is 0 Å². The fraction of sp³-hybridized carbons (Fsp3) is 0.429. The molecular formula is C14H17F2NO4. The molecule has 116 valence electrons. The summed E-state index contributed by atoms with van der Waals surface area (Å²) in [6.07, 6.45) is -0.649. The first-order chi connectivity index (χ1) is 9.75.